The minimum atomic E-state index is -0.180. The summed E-state index contributed by atoms with van der Waals surface area (Å²) in [5.41, 5.74) is 4.05. The van der Waals surface area contributed by atoms with Crippen molar-refractivity contribution < 1.29 is 14.3 Å². The van der Waals surface area contributed by atoms with Crippen LogP contribution in [0.15, 0.2) is 0 Å². The SMILES string of the molecule is Cc1c(C)c2c(c(C)c1NC=O)NC(=O)CO2. The molecule has 5 heteroatoms. The molecule has 0 bridgehead atoms. The van der Waals surface area contributed by atoms with Crippen LogP contribution >= 0.6 is 0 Å². The Morgan fingerprint density at radius 3 is 2.59 bits per heavy atom. The van der Waals surface area contributed by atoms with Crippen LogP contribution in [0.2, 0.25) is 0 Å². The highest BCUT2D eigenvalue weighted by Gasteiger charge is 2.24. The van der Waals surface area contributed by atoms with E-state index in [0.717, 1.165) is 22.4 Å². The summed E-state index contributed by atoms with van der Waals surface area (Å²) in [5.74, 6) is 0.511. The first kappa shape index (κ1) is 11.4. The van der Waals surface area contributed by atoms with E-state index in [1.165, 1.54) is 0 Å². The Bertz CT molecular complexity index is 509. The average Bonchev–Trinajstić information content (AvgIpc) is 2.32. The maximum Gasteiger partial charge on any atom is 0.262 e. The molecule has 2 rings (SSSR count). The van der Waals surface area contributed by atoms with Gasteiger partial charge in [0.25, 0.3) is 5.91 Å². The summed E-state index contributed by atoms with van der Waals surface area (Å²) in [6, 6.07) is 0. The highest BCUT2D eigenvalue weighted by molar-refractivity contribution is 5.99. The Morgan fingerprint density at radius 2 is 1.94 bits per heavy atom. The molecule has 2 N–H and O–H groups in total. The highest BCUT2D eigenvalue weighted by Crippen LogP contribution is 2.41. The van der Waals surface area contributed by atoms with Gasteiger partial charge in [0.2, 0.25) is 6.41 Å². The minimum Gasteiger partial charge on any atom is -0.481 e. The van der Waals surface area contributed by atoms with E-state index in [-0.39, 0.29) is 12.5 Å². The van der Waals surface area contributed by atoms with Gasteiger partial charge >= 0.3 is 0 Å². The number of nitrogens with one attached hydrogen (secondary N) is 2. The van der Waals surface area contributed by atoms with E-state index >= 15 is 0 Å². The zero-order chi connectivity index (χ0) is 12.6. The molecule has 0 aromatic heterocycles. The summed E-state index contributed by atoms with van der Waals surface area (Å²) in [6.07, 6.45) is 0.632. The molecule has 1 aliphatic heterocycles. The van der Waals surface area contributed by atoms with Gasteiger partial charge in [-0.1, -0.05) is 0 Å². The number of carbonyl (C=O) groups is 2. The summed E-state index contributed by atoms with van der Waals surface area (Å²) in [4.78, 5) is 21.9. The standard InChI is InChI=1S/C12H14N2O3/c1-6-7(2)12-11(14-9(16)4-17-12)8(3)10(6)13-5-15/h5H,4H2,1-3H3,(H,13,15)(H,14,16). The van der Waals surface area contributed by atoms with Crippen molar-refractivity contribution in [2.75, 3.05) is 17.2 Å². The van der Waals surface area contributed by atoms with E-state index in [4.69, 9.17) is 4.74 Å². The van der Waals surface area contributed by atoms with Gasteiger partial charge in [-0.2, -0.15) is 0 Å². The second-order valence-electron chi connectivity index (χ2n) is 4.05. The zero-order valence-corrected chi connectivity index (χ0v) is 10.0. The number of rotatable bonds is 2. The van der Waals surface area contributed by atoms with E-state index in [1.54, 1.807) is 0 Å². The molecule has 90 valence electrons. The second kappa shape index (κ2) is 4.08. The lowest BCUT2D eigenvalue weighted by molar-refractivity contribution is -0.118. The van der Waals surface area contributed by atoms with Gasteiger partial charge in [0.15, 0.2) is 6.61 Å². The molecule has 0 saturated carbocycles. The number of hydrogen-bond donors (Lipinski definition) is 2. The number of benzene rings is 1. The predicted molar refractivity (Wildman–Crippen MR) is 64.5 cm³/mol. The molecular weight excluding hydrogens is 220 g/mol. The average molecular weight is 234 g/mol. The maximum atomic E-state index is 11.3. The quantitative estimate of drug-likeness (QED) is 0.762. The van der Waals surface area contributed by atoms with Crippen molar-refractivity contribution in [3.63, 3.8) is 0 Å². The number of anilines is 2. The topological polar surface area (TPSA) is 67.4 Å². The van der Waals surface area contributed by atoms with Crippen LogP contribution in [0.3, 0.4) is 0 Å². The third-order valence-electron chi connectivity index (χ3n) is 3.07. The summed E-state index contributed by atoms with van der Waals surface area (Å²) in [7, 11) is 0. The zero-order valence-electron chi connectivity index (χ0n) is 10.0. The van der Waals surface area contributed by atoms with Crippen LogP contribution in [0.4, 0.5) is 11.4 Å². The van der Waals surface area contributed by atoms with Crippen molar-refractivity contribution in [1.82, 2.24) is 0 Å². The Morgan fingerprint density at radius 1 is 1.24 bits per heavy atom. The predicted octanol–water partition coefficient (Wildman–Crippen LogP) is 1.51. The van der Waals surface area contributed by atoms with Gasteiger partial charge in [0.1, 0.15) is 5.75 Å². The molecular formula is C12H14N2O3. The molecule has 17 heavy (non-hydrogen) atoms. The Labute approximate surface area is 99.2 Å². The number of ether oxygens (including phenoxy) is 1. The Balaban J connectivity index is 2.66. The first-order chi connectivity index (χ1) is 8.06. The van der Waals surface area contributed by atoms with Crippen LogP contribution in [0.25, 0.3) is 0 Å². The number of hydrogen-bond acceptors (Lipinski definition) is 3. The summed E-state index contributed by atoms with van der Waals surface area (Å²) in [5, 5.41) is 5.44. The fourth-order valence-corrected chi connectivity index (χ4v) is 2.04. The lowest BCUT2D eigenvalue weighted by Gasteiger charge is -2.25. The molecule has 0 fully saturated rings. The summed E-state index contributed by atoms with van der Waals surface area (Å²) >= 11 is 0. The fourth-order valence-electron chi connectivity index (χ4n) is 2.04. The van der Waals surface area contributed by atoms with Crippen LogP contribution in [0.5, 0.6) is 5.75 Å². The molecule has 1 aliphatic rings. The third-order valence-corrected chi connectivity index (χ3v) is 3.07. The van der Waals surface area contributed by atoms with Gasteiger partial charge in [0, 0.05) is 11.3 Å². The van der Waals surface area contributed by atoms with Crippen molar-refractivity contribution >= 4 is 23.7 Å². The first-order valence-corrected chi connectivity index (χ1v) is 5.32. The van der Waals surface area contributed by atoms with E-state index in [1.807, 2.05) is 20.8 Å². The monoisotopic (exact) mass is 234 g/mol. The van der Waals surface area contributed by atoms with Crippen LogP contribution < -0.4 is 15.4 Å². The van der Waals surface area contributed by atoms with Gasteiger partial charge < -0.3 is 15.4 Å². The summed E-state index contributed by atoms with van der Waals surface area (Å²) in [6.45, 7) is 5.69. The molecule has 2 amide bonds. The van der Waals surface area contributed by atoms with Gasteiger partial charge in [-0.15, -0.1) is 0 Å². The van der Waals surface area contributed by atoms with E-state index < -0.39 is 0 Å². The van der Waals surface area contributed by atoms with Gasteiger partial charge in [-0.25, -0.2) is 0 Å². The molecule has 0 aliphatic carbocycles. The highest BCUT2D eigenvalue weighted by atomic mass is 16.5. The van der Waals surface area contributed by atoms with Crippen LogP contribution in [0.1, 0.15) is 16.7 Å². The molecule has 0 unspecified atom stereocenters. The first-order valence-electron chi connectivity index (χ1n) is 5.32. The molecule has 1 aromatic carbocycles. The molecule has 0 radical (unpaired) electrons. The molecule has 1 heterocycles. The lowest BCUT2D eigenvalue weighted by Crippen LogP contribution is -2.27. The summed E-state index contributed by atoms with van der Waals surface area (Å²) < 4.78 is 5.43. The number of fused-ring (bicyclic) bond motifs is 1. The van der Waals surface area contributed by atoms with E-state index in [9.17, 15) is 9.59 Å². The largest absolute Gasteiger partial charge is 0.481 e. The van der Waals surface area contributed by atoms with Crippen LogP contribution in [-0.2, 0) is 9.59 Å². The molecule has 5 nitrogen and oxygen atoms in total. The smallest absolute Gasteiger partial charge is 0.262 e. The fraction of sp³-hybridized carbons (Fsp3) is 0.333. The molecule has 0 atom stereocenters. The van der Waals surface area contributed by atoms with E-state index in [0.29, 0.717) is 17.8 Å². The van der Waals surface area contributed by atoms with Gasteiger partial charge in [0.05, 0.1) is 5.69 Å². The van der Waals surface area contributed by atoms with Crippen molar-refractivity contribution in [2.45, 2.75) is 20.8 Å². The Hall–Kier alpha value is -2.04. The third kappa shape index (κ3) is 1.73. The van der Waals surface area contributed by atoms with Crippen molar-refractivity contribution in [2.24, 2.45) is 0 Å². The van der Waals surface area contributed by atoms with E-state index in [2.05, 4.69) is 10.6 Å². The number of amides is 2. The Kier molecular flexibility index (Phi) is 2.75. The minimum absolute atomic E-state index is 0.0349. The lowest BCUT2D eigenvalue weighted by atomic mass is 9.99. The maximum absolute atomic E-state index is 11.3. The normalized spacial score (nSPS) is 13.5. The van der Waals surface area contributed by atoms with Crippen LogP contribution in [-0.4, -0.2) is 18.9 Å². The molecule has 1 aromatic rings. The van der Waals surface area contributed by atoms with Crippen molar-refractivity contribution in [3.8, 4) is 5.75 Å². The molecule has 0 saturated heterocycles. The molecule has 0 spiro atoms. The van der Waals surface area contributed by atoms with Crippen molar-refractivity contribution in [3.05, 3.63) is 16.7 Å². The van der Waals surface area contributed by atoms with Gasteiger partial charge in [-0.3, -0.25) is 9.59 Å². The van der Waals surface area contributed by atoms with Crippen LogP contribution in [0, 0.1) is 20.8 Å². The number of carbonyl (C=O) groups excluding carboxylic acids is 2. The second-order valence-corrected chi connectivity index (χ2v) is 4.05. The van der Waals surface area contributed by atoms with Crippen molar-refractivity contribution in [1.29, 1.82) is 0 Å². The van der Waals surface area contributed by atoms with Gasteiger partial charge in [-0.05, 0) is 31.9 Å².